The topological polar surface area (TPSA) is 25.8 Å². The van der Waals surface area contributed by atoms with E-state index < -0.39 is 0 Å². The number of halogens is 5. The number of nitrogens with zero attached hydrogens (tertiary/aromatic N) is 2. The lowest BCUT2D eigenvalue weighted by atomic mass is 9.88. The van der Waals surface area contributed by atoms with Crippen molar-refractivity contribution in [3.8, 4) is 0 Å². The third-order valence-corrected chi connectivity index (χ3v) is 21.5. The Morgan fingerprint density at radius 3 is 0.872 bits per heavy atom. The number of pyridine rings is 2. The van der Waals surface area contributed by atoms with Gasteiger partial charge < -0.3 is 0 Å². The lowest BCUT2D eigenvalue weighted by molar-refractivity contribution is 0.338. The first-order valence-electron chi connectivity index (χ1n) is 52.6. The second-order valence-corrected chi connectivity index (χ2v) is 45.6. The van der Waals surface area contributed by atoms with Gasteiger partial charge in [-0.2, -0.15) is 0 Å². The van der Waals surface area contributed by atoms with E-state index in [0.717, 1.165) is 126 Å². The van der Waals surface area contributed by atoms with Crippen molar-refractivity contribution in [3.05, 3.63) is 272 Å². The van der Waals surface area contributed by atoms with Crippen LogP contribution in [0.4, 0.5) is 22.0 Å². The van der Waals surface area contributed by atoms with Crippen LogP contribution in [0, 0.1) is 170 Å². The minimum Gasteiger partial charge on any atom is -0.261 e. The maximum Gasteiger partial charge on any atom is 0.141 e. The summed E-state index contributed by atoms with van der Waals surface area (Å²) >= 11 is 0. The molecule has 0 spiro atoms. The Balaban J connectivity index is -0.000000678. The lowest BCUT2D eigenvalue weighted by Gasteiger charge is -2.18. The fourth-order valence-corrected chi connectivity index (χ4v) is 14.3. The van der Waals surface area contributed by atoms with Gasteiger partial charge in [0.2, 0.25) is 0 Å². The lowest BCUT2D eigenvalue weighted by Crippen LogP contribution is -2.05. The van der Waals surface area contributed by atoms with Gasteiger partial charge >= 0.3 is 0 Å². The molecular formula is C126H209F5N2. The zero-order chi connectivity index (χ0) is 102. The van der Waals surface area contributed by atoms with E-state index in [2.05, 4.69) is 321 Å². The summed E-state index contributed by atoms with van der Waals surface area (Å²) in [6, 6.07) is 49.3. The number of rotatable bonds is 27. The van der Waals surface area contributed by atoms with Crippen LogP contribution in [0.15, 0.2) is 170 Å². The third kappa shape index (κ3) is 87.8. The van der Waals surface area contributed by atoms with E-state index >= 15 is 0 Å². The predicted octanol–water partition coefficient (Wildman–Crippen LogP) is 40.4. The molecule has 0 saturated heterocycles. The number of hydrogen-bond donors (Lipinski definition) is 0. The molecule has 2 aromatic heterocycles. The Morgan fingerprint density at radius 1 is 0.293 bits per heavy atom. The third-order valence-electron chi connectivity index (χ3n) is 21.5. The Bertz CT molecular complexity index is 3600. The second kappa shape index (κ2) is 79.2. The molecule has 0 radical (unpaired) electrons. The minimum absolute atomic E-state index is 0.109. The van der Waals surface area contributed by atoms with E-state index in [4.69, 9.17) is 0 Å². The molecule has 758 valence electrons. The molecule has 2 aliphatic carbocycles. The van der Waals surface area contributed by atoms with E-state index in [9.17, 15) is 22.0 Å². The first kappa shape index (κ1) is 133. The Hall–Kier alpha value is -6.73. The van der Waals surface area contributed by atoms with Crippen LogP contribution in [0.1, 0.15) is 405 Å². The molecule has 0 bridgehead atoms. The smallest absolute Gasteiger partial charge is 0.141 e. The summed E-state index contributed by atoms with van der Waals surface area (Å²) in [6.45, 7) is 87.9. The zero-order valence-electron chi connectivity index (χ0n) is 93.8. The van der Waals surface area contributed by atoms with Crippen LogP contribution in [0.2, 0.25) is 0 Å². The molecule has 0 unspecified atom stereocenters. The Labute approximate surface area is 822 Å². The van der Waals surface area contributed by atoms with Crippen LogP contribution < -0.4 is 0 Å². The average Bonchev–Trinajstić information content (AvgIpc) is 1.16. The molecule has 10 rings (SSSR count). The molecule has 2 saturated carbocycles. The maximum atomic E-state index is 12.8. The molecule has 2 aliphatic rings. The van der Waals surface area contributed by atoms with Gasteiger partial charge in [-0.1, -0.05) is 423 Å². The highest BCUT2D eigenvalue weighted by atomic mass is 19.1. The monoisotopic (exact) mass is 1850 g/mol. The molecular weight excluding hydrogens is 1640 g/mol. The van der Waals surface area contributed by atoms with Crippen molar-refractivity contribution >= 4 is 0 Å². The normalized spacial score (nSPS) is 12.0. The standard InChI is InChI=1S/C12H18.3C11H15F.C10H13F.C10H14.C9H12FN.C9H13N.C9H20.2C8H16.C8H18.C7H16.C3H8/c1-9(2)7-12-6-5-10(3)11(4)8-12;3*1-8(2)6-10-4-5-11(12)9(3)7-10;1-8(2)7-9-3-5-10(11)6-4-9;1-9(2)8-10-6-4-3-5-7-10;1-7(2)5-9-4-3-8(10)6-11-9;1-8(2)7-9-5-3-4-6-10-9;1-8(2)6-7-9(3,4)5;1-7(2)3-4-8-5-6-8;1-7(2)8-5-3-4-6-8;1-7(2)5-6-8(3)4;1-6(2)5-7(3)4;1-3-2/h5-6,8-9H,7H2,1-4H3;3*4-5,7-8H,6H2,1-3H3;3-6,8H,7H2,1-2H3;3-7,9H,8H2,1-2H3;3-4,6-7H,5H2,1-2H3;3-6,8H,7H2,1-2H3;8H,6-7H2,1-5H3;2*7-8H,3-6H2,1-2H3;7-8H,5-6H2,1-4H3;6-7H,5H2,1-4H3;3H2,1-2H3. The summed E-state index contributed by atoms with van der Waals surface area (Å²) < 4.78 is 63.3. The van der Waals surface area contributed by atoms with Gasteiger partial charge in [-0.25, -0.2) is 22.0 Å². The first-order valence-corrected chi connectivity index (χ1v) is 52.6. The van der Waals surface area contributed by atoms with Gasteiger partial charge in [0.15, 0.2) is 0 Å². The molecule has 0 amide bonds. The number of aryl methyl sites for hydroxylation is 5. The molecule has 0 aliphatic heterocycles. The summed E-state index contributed by atoms with van der Waals surface area (Å²) in [5.41, 5.74) is 15.5. The number of hydrogen-bond acceptors (Lipinski definition) is 2. The van der Waals surface area contributed by atoms with Gasteiger partial charge in [-0.05, 0) is 321 Å². The SMILES string of the molecule is CC(C)C1CCCC1.CC(C)CC(C)C.CC(C)CCC(C)(C)C.CC(C)CCC(C)C.CC(C)CCC1CC1.CC(C)Cc1ccc(F)cc1.CC(C)Cc1ccc(F)cn1.CC(C)Cc1ccccc1.CC(C)Cc1ccccn1.CCC.Cc1cc(CC(C)C)ccc1F.Cc1cc(CC(C)C)ccc1F.Cc1cc(CC(C)C)ccc1F.Cc1ccc(CC(C)C)cc1C. The van der Waals surface area contributed by atoms with Crippen molar-refractivity contribution in [3.63, 3.8) is 0 Å². The molecule has 2 nitrogen and oxygen atoms in total. The first-order chi connectivity index (χ1) is 62.0. The Morgan fingerprint density at radius 2 is 0.609 bits per heavy atom. The van der Waals surface area contributed by atoms with Crippen molar-refractivity contribution in [2.24, 2.45) is 106 Å². The highest BCUT2D eigenvalue weighted by Gasteiger charge is 2.21. The van der Waals surface area contributed by atoms with Crippen molar-refractivity contribution < 1.29 is 22.0 Å². The van der Waals surface area contributed by atoms with Crippen molar-refractivity contribution in [2.45, 2.75) is 418 Å². The molecule has 2 fully saturated rings. The Kier molecular flexibility index (Phi) is 78.9. The summed E-state index contributed by atoms with van der Waals surface area (Å²) in [4.78, 5) is 8.16. The molecule has 2 heterocycles. The quantitative estimate of drug-likeness (QED) is 0.0480. The predicted molar refractivity (Wildman–Crippen MR) is 585 cm³/mol. The van der Waals surface area contributed by atoms with Crippen molar-refractivity contribution in [2.75, 3.05) is 0 Å². The van der Waals surface area contributed by atoms with Gasteiger partial charge in [-0.15, -0.1) is 0 Å². The van der Waals surface area contributed by atoms with E-state index in [1.807, 2.05) is 66.9 Å². The summed E-state index contributed by atoms with van der Waals surface area (Å²) in [5.74, 6) is 13.1. The van der Waals surface area contributed by atoms with Crippen LogP contribution in [-0.2, 0) is 51.4 Å². The minimum atomic E-state index is -0.266. The van der Waals surface area contributed by atoms with E-state index in [-0.39, 0.29) is 29.1 Å². The van der Waals surface area contributed by atoms with Gasteiger partial charge in [0.25, 0.3) is 0 Å². The summed E-state index contributed by atoms with van der Waals surface area (Å²) in [7, 11) is 0. The van der Waals surface area contributed by atoms with Gasteiger partial charge in [0, 0.05) is 17.6 Å². The summed E-state index contributed by atoms with van der Waals surface area (Å²) in [5, 5.41) is 0. The van der Waals surface area contributed by atoms with Gasteiger partial charge in [0.1, 0.15) is 29.1 Å². The number of benzene rings is 6. The fraction of sp³-hybridized carbons (Fsp3) is 0.635. The zero-order valence-corrected chi connectivity index (χ0v) is 93.8. The largest absolute Gasteiger partial charge is 0.261 e. The van der Waals surface area contributed by atoms with Crippen LogP contribution in [0.3, 0.4) is 0 Å². The number of aromatic nitrogens is 2. The molecule has 6 aromatic carbocycles. The van der Waals surface area contributed by atoms with Crippen LogP contribution in [0.25, 0.3) is 0 Å². The maximum absolute atomic E-state index is 12.8. The van der Waals surface area contributed by atoms with Gasteiger partial charge in [-0.3, -0.25) is 9.97 Å². The average molecular weight is 1850 g/mol. The van der Waals surface area contributed by atoms with Crippen LogP contribution >= 0.6 is 0 Å². The van der Waals surface area contributed by atoms with Gasteiger partial charge in [0.05, 0.1) is 6.20 Å². The highest BCUT2D eigenvalue weighted by Crippen LogP contribution is 2.35. The molecule has 0 N–H and O–H groups in total. The molecule has 0 atom stereocenters. The van der Waals surface area contributed by atoms with Crippen molar-refractivity contribution in [1.29, 1.82) is 0 Å². The van der Waals surface area contributed by atoms with E-state index in [1.165, 1.54) is 177 Å². The fourth-order valence-electron chi connectivity index (χ4n) is 14.3. The molecule has 8 aromatic rings. The highest BCUT2D eigenvalue weighted by molar-refractivity contribution is 5.31. The van der Waals surface area contributed by atoms with E-state index in [0.29, 0.717) is 40.9 Å². The van der Waals surface area contributed by atoms with Crippen molar-refractivity contribution in [1.82, 2.24) is 9.97 Å². The molecule has 133 heavy (non-hydrogen) atoms. The van der Waals surface area contributed by atoms with Crippen LogP contribution in [-0.4, -0.2) is 9.97 Å². The summed E-state index contributed by atoms with van der Waals surface area (Å²) in [6.07, 6.45) is 31.7. The van der Waals surface area contributed by atoms with E-state index in [1.54, 1.807) is 45.0 Å². The van der Waals surface area contributed by atoms with Crippen LogP contribution in [0.5, 0.6) is 0 Å². The molecule has 7 heteroatoms. The second-order valence-electron chi connectivity index (χ2n) is 45.6.